The fraction of sp³-hybridized carbons (Fsp3) is 0.235. The Morgan fingerprint density at radius 2 is 1.92 bits per heavy atom. The molecule has 0 unspecified atom stereocenters. The van der Waals surface area contributed by atoms with E-state index in [9.17, 15) is 14.4 Å². The average molecular weight is 362 g/mol. The van der Waals surface area contributed by atoms with Crippen molar-refractivity contribution in [3.63, 3.8) is 0 Å². The number of thiophene rings is 1. The van der Waals surface area contributed by atoms with Crippen molar-refractivity contribution in [3.8, 4) is 5.75 Å². The maximum atomic E-state index is 12.2. The Morgan fingerprint density at radius 1 is 1.16 bits per heavy atom. The van der Waals surface area contributed by atoms with Crippen LogP contribution in [0.15, 0.2) is 41.1 Å². The number of nitrogens with zero attached hydrogens (tertiary/aromatic N) is 1. The van der Waals surface area contributed by atoms with Crippen LogP contribution in [0.2, 0.25) is 0 Å². The minimum Gasteiger partial charge on any atom is -0.483 e. The molecule has 132 valence electrons. The van der Waals surface area contributed by atoms with Crippen LogP contribution in [0.1, 0.15) is 15.9 Å². The first kappa shape index (κ1) is 18.5. The topological polar surface area (TPSA) is 98.9 Å². The summed E-state index contributed by atoms with van der Waals surface area (Å²) in [5.74, 6) is -1.52. The van der Waals surface area contributed by atoms with Gasteiger partial charge < -0.3 is 20.1 Å². The summed E-state index contributed by atoms with van der Waals surface area (Å²) in [7, 11) is 1.64. The maximum absolute atomic E-state index is 12.2. The quantitative estimate of drug-likeness (QED) is 0.716. The third-order valence-electron chi connectivity index (χ3n) is 3.23. The summed E-state index contributed by atoms with van der Waals surface area (Å²) in [4.78, 5) is 36.5. The maximum Gasteiger partial charge on any atom is 0.342 e. The zero-order chi connectivity index (χ0) is 18.2. The van der Waals surface area contributed by atoms with Crippen molar-refractivity contribution in [2.75, 3.05) is 20.3 Å². The van der Waals surface area contributed by atoms with Crippen molar-refractivity contribution in [2.24, 2.45) is 5.73 Å². The number of para-hydroxylation sites is 1. The fourth-order valence-corrected chi connectivity index (χ4v) is 2.63. The summed E-state index contributed by atoms with van der Waals surface area (Å²) in [5, 5.41) is 3.87. The summed E-state index contributed by atoms with van der Waals surface area (Å²) in [5.41, 5.74) is 6.16. The molecule has 0 radical (unpaired) electrons. The molecule has 2 N–H and O–H groups in total. The number of hydrogen-bond donors (Lipinski definition) is 1. The van der Waals surface area contributed by atoms with Gasteiger partial charge in [-0.3, -0.25) is 9.59 Å². The third kappa shape index (κ3) is 5.61. The van der Waals surface area contributed by atoms with E-state index in [1.807, 2.05) is 16.8 Å². The van der Waals surface area contributed by atoms with Crippen LogP contribution in [0.5, 0.6) is 5.75 Å². The molecule has 2 rings (SSSR count). The molecule has 1 aromatic heterocycles. The lowest BCUT2D eigenvalue weighted by molar-refractivity contribution is -0.133. The van der Waals surface area contributed by atoms with E-state index in [1.165, 1.54) is 17.0 Å². The fourth-order valence-electron chi connectivity index (χ4n) is 1.97. The van der Waals surface area contributed by atoms with Crippen LogP contribution in [0.3, 0.4) is 0 Å². The predicted octanol–water partition coefficient (Wildman–Crippen LogP) is 1.43. The Hall–Kier alpha value is -2.87. The van der Waals surface area contributed by atoms with E-state index >= 15 is 0 Å². The Bertz CT molecular complexity index is 745. The van der Waals surface area contributed by atoms with Gasteiger partial charge in [-0.1, -0.05) is 12.1 Å². The van der Waals surface area contributed by atoms with Crippen LogP contribution in [0, 0.1) is 0 Å². The molecule has 25 heavy (non-hydrogen) atoms. The highest BCUT2D eigenvalue weighted by Gasteiger charge is 2.17. The minimum atomic E-state index is -0.711. The molecule has 0 aliphatic carbocycles. The van der Waals surface area contributed by atoms with Gasteiger partial charge in [-0.25, -0.2) is 4.79 Å². The molecule has 8 heteroatoms. The number of hydrogen-bond acceptors (Lipinski definition) is 6. The number of carbonyl (C=O) groups is 3. The number of carbonyl (C=O) groups excluding carboxylic acids is 3. The number of primary amides is 1. The van der Waals surface area contributed by atoms with Crippen LogP contribution < -0.4 is 10.5 Å². The molecule has 0 bridgehead atoms. The average Bonchev–Trinajstić information content (AvgIpc) is 3.10. The van der Waals surface area contributed by atoms with E-state index in [2.05, 4.69) is 0 Å². The number of ether oxygens (including phenoxy) is 2. The van der Waals surface area contributed by atoms with Crippen molar-refractivity contribution in [3.05, 3.63) is 52.2 Å². The molecule has 2 aromatic rings. The first-order chi connectivity index (χ1) is 12.0. The number of rotatable bonds is 8. The third-order valence-corrected chi connectivity index (χ3v) is 3.96. The van der Waals surface area contributed by atoms with E-state index in [0.29, 0.717) is 6.54 Å². The van der Waals surface area contributed by atoms with Gasteiger partial charge >= 0.3 is 5.97 Å². The van der Waals surface area contributed by atoms with Crippen molar-refractivity contribution in [1.29, 1.82) is 0 Å². The van der Waals surface area contributed by atoms with Gasteiger partial charge in [0.2, 0.25) is 0 Å². The summed E-state index contributed by atoms with van der Waals surface area (Å²) < 4.78 is 10.2. The lowest BCUT2D eigenvalue weighted by atomic mass is 10.2. The molecule has 0 fully saturated rings. The second-order valence-corrected chi connectivity index (χ2v) is 5.99. The highest BCUT2D eigenvalue weighted by molar-refractivity contribution is 7.07. The van der Waals surface area contributed by atoms with Crippen LogP contribution in [-0.2, 0) is 20.9 Å². The second-order valence-electron chi connectivity index (χ2n) is 5.21. The molecule has 0 saturated heterocycles. The van der Waals surface area contributed by atoms with Gasteiger partial charge in [-0.15, -0.1) is 0 Å². The van der Waals surface area contributed by atoms with Crippen molar-refractivity contribution in [1.82, 2.24) is 4.90 Å². The van der Waals surface area contributed by atoms with Crippen LogP contribution >= 0.6 is 11.3 Å². The zero-order valence-electron chi connectivity index (χ0n) is 13.6. The lowest BCUT2D eigenvalue weighted by Crippen LogP contribution is -2.30. The van der Waals surface area contributed by atoms with E-state index in [-0.39, 0.29) is 30.4 Å². The van der Waals surface area contributed by atoms with E-state index < -0.39 is 11.9 Å². The van der Waals surface area contributed by atoms with Gasteiger partial charge in [0.25, 0.3) is 11.8 Å². The molecule has 0 spiro atoms. The Morgan fingerprint density at radius 3 is 2.60 bits per heavy atom. The van der Waals surface area contributed by atoms with Crippen LogP contribution in [0.25, 0.3) is 0 Å². The Balaban J connectivity index is 1.91. The SMILES string of the molecule is CN(Cc1ccsc1)C(=O)COC(=O)c1ccccc1OCC(N)=O. The van der Waals surface area contributed by atoms with Gasteiger partial charge in [0, 0.05) is 13.6 Å². The molecule has 0 saturated carbocycles. The largest absolute Gasteiger partial charge is 0.483 e. The lowest BCUT2D eigenvalue weighted by Gasteiger charge is -2.16. The van der Waals surface area contributed by atoms with E-state index in [1.54, 1.807) is 30.5 Å². The number of benzene rings is 1. The van der Waals surface area contributed by atoms with E-state index in [4.69, 9.17) is 15.2 Å². The second kappa shape index (κ2) is 8.84. The summed E-state index contributed by atoms with van der Waals surface area (Å²) in [6.45, 7) is -0.297. The number of amides is 2. The van der Waals surface area contributed by atoms with Crippen LogP contribution in [-0.4, -0.2) is 42.9 Å². The summed E-state index contributed by atoms with van der Waals surface area (Å²) >= 11 is 1.55. The Kier molecular flexibility index (Phi) is 6.53. The van der Waals surface area contributed by atoms with Gasteiger partial charge in [0.1, 0.15) is 11.3 Å². The first-order valence-corrected chi connectivity index (χ1v) is 8.34. The number of likely N-dealkylation sites (N-methyl/N-ethyl adjacent to an activating group) is 1. The standard InChI is InChI=1S/C17H18N2O5S/c1-19(8-12-6-7-25-11-12)16(21)10-24-17(22)13-4-2-3-5-14(13)23-9-15(18)20/h2-7,11H,8-10H2,1H3,(H2,18,20). The highest BCUT2D eigenvalue weighted by Crippen LogP contribution is 2.19. The van der Waals surface area contributed by atoms with Gasteiger partial charge in [-0.05, 0) is 34.5 Å². The molecule has 0 atom stereocenters. The molecule has 1 aromatic carbocycles. The minimum absolute atomic E-state index is 0.122. The molecule has 2 amide bonds. The highest BCUT2D eigenvalue weighted by atomic mass is 32.1. The molecule has 1 heterocycles. The van der Waals surface area contributed by atoms with E-state index in [0.717, 1.165) is 5.56 Å². The summed E-state index contributed by atoms with van der Waals surface area (Å²) in [6, 6.07) is 8.19. The first-order valence-electron chi connectivity index (χ1n) is 7.39. The molecule has 0 aliphatic heterocycles. The molecular formula is C17H18N2O5S. The van der Waals surface area contributed by atoms with Gasteiger partial charge in [0.05, 0.1) is 0 Å². The van der Waals surface area contributed by atoms with Crippen LogP contribution in [0.4, 0.5) is 0 Å². The number of nitrogens with two attached hydrogens (primary N) is 1. The number of esters is 1. The van der Waals surface area contributed by atoms with Crippen molar-refractivity contribution >= 4 is 29.1 Å². The van der Waals surface area contributed by atoms with Crippen molar-refractivity contribution in [2.45, 2.75) is 6.54 Å². The molecular weight excluding hydrogens is 344 g/mol. The smallest absolute Gasteiger partial charge is 0.342 e. The normalized spacial score (nSPS) is 10.1. The molecule has 0 aliphatic rings. The predicted molar refractivity (Wildman–Crippen MR) is 92.2 cm³/mol. The zero-order valence-corrected chi connectivity index (χ0v) is 14.5. The molecule has 7 nitrogen and oxygen atoms in total. The van der Waals surface area contributed by atoms with Crippen molar-refractivity contribution < 1.29 is 23.9 Å². The monoisotopic (exact) mass is 362 g/mol. The van der Waals surface area contributed by atoms with Gasteiger partial charge in [-0.2, -0.15) is 11.3 Å². The summed E-state index contributed by atoms with van der Waals surface area (Å²) in [6.07, 6.45) is 0. The van der Waals surface area contributed by atoms with Gasteiger partial charge in [0.15, 0.2) is 13.2 Å². The Labute approximate surface area is 148 Å².